The molecular weight excluding hydrogens is 363 g/mol. The summed E-state index contributed by atoms with van der Waals surface area (Å²) in [5.74, 6) is -3.71. The minimum atomic E-state index is -4.64. The highest BCUT2D eigenvalue weighted by atomic mass is 19.4. The molecule has 1 aromatic rings. The van der Waals surface area contributed by atoms with E-state index in [0.717, 1.165) is 6.07 Å². The maximum absolute atomic E-state index is 13.6. The molecule has 0 saturated carbocycles. The van der Waals surface area contributed by atoms with E-state index in [0.29, 0.717) is 12.1 Å². The Kier molecular flexibility index (Phi) is 5.08. The van der Waals surface area contributed by atoms with Crippen molar-refractivity contribution in [1.29, 1.82) is 0 Å². The first-order chi connectivity index (χ1) is 12.8. The van der Waals surface area contributed by atoms with Crippen LogP contribution in [0.25, 0.3) is 0 Å². The van der Waals surface area contributed by atoms with Crippen molar-refractivity contribution in [2.45, 2.75) is 32.4 Å². The van der Waals surface area contributed by atoms with Gasteiger partial charge >= 0.3 is 18.1 Å². The Morgan fingerprint density at radius 2 is 2.00 bits per heavy atom. The fraction of sp³-hybridized carbons (Fsp3) is 0.421. The molecule has 5 nitrogen and oxygen atoms in total. The van der Waals surface area contributed by atoms with E-state index < -0.39 is 35.5 Å². The van der Waals surface area contributed by atoms with Gasteiger partial charge < -0.3 is 9.47 Å². The number of rotatable bonds is 4. The van der Waals surface area contributed by atoms with Gasteiger partial charge in [0.2, 0.25) is 0 Å². The van der Waals surface area contributed by atoms with Gasteiger partial charge in [0.25, 0.3) is 0 Å². The molecule has 0 aliphatic carbocycles. The molecule has 8 heteroatoms. The van der Waals surface area contributed by atoms with E-state index in [1.165, 1.54) is 18.2 Å². The maximum atomic E-state index is 13.6. The Morgan fingerprint density at radius 3 is 2.63 bits per heavy atom. The first kappa shape index (κ1) is 19.1. The molecule has 0 radical (unpaired) electrons. The van der Waals surface area contributed by atoms with Gasteiger partial charge in [0.05, 0.1) is 23.4 Å². The predicted molar refractivity (Wildman–Crippen MR) is 90.0 cm³/mol. The first-order valence-electron chi connectivity index (χ1n) is 8.59. The average molecular weight is 381 g/mol. The third-order valence-electron chi connectivity index (χ3n) is 4.66. The van der Waals surface area contributed by atoms with E-state index >= 15 is 0 Å². The van der Waals surface area contributed by atoms with Gasteiger partial charge in [0, 0.05) is 11.6 Å². The number of hydrogen-bond donors (Lipinski definition) is 0. The molecule has 0 saturated heterocycles. The summed E-state index contributed by atoms with van der Waals surface area (Å²) in [6.45, 7) is 3.31. The fourth-order valence-corrected chi connectivity index (χ4v) is 3.57. The van der Waals surface area contributed by atoms with Gasteiger partial charge in [-0.2, -0.15) is 13.2 Å². The molecule has 3 rings (SSSR count). The minimum Gasteiger partial charge on any atom is -0.465 e. The third-order valence-corrected chi connectivity index (χ3v) is 4.66. The Balaban J connectivity index is 2.24. The maximum Gasteiger partial charge on any atom is 0.416 e. The van der Waals surface area contributed by atoms with Crippen LogP contribution in [-0.2, 0) is 25.2 Å². The molecule has 0 fully saturated rings. The van der Waals surface area contributed by atoms with Crippen LogP contribution in [-0.4, -0.2) is 30.9 Å². The second-order valence-corrected chi connectivity index (χ2v) is 6.19. The van der Waals surface area contributed by atoms with Crippen LogP contribution >= 0.6 is 0 Å². The van der Waals surface area contributed by atoms with Gasteiger partial charge in [-0.3, -0.25) is 9.79 Å². The van der Waals surface area contributed by atoms with Gasteiger partial charge in [0.1, 0.15) is 12.5 Å². The molecule has 2 aliphatic rings. The van der Waals surface area contributed by atoms with E-state index in [1.807, 2.05) is 0 Å². The third kappa shape index (κ3) is 3.36. The van der Waals surface area contributed by atoms with Gasteiger partial charge in [-0.05, 0) is 25.0 Å². The van der Waals surface area contributed by atoms with E-state index in [4.69, 9.17) is 9.47 Å². The van der Waals surface area contributed by atoms with Gasteiger partial charge in [-0.25, -0.2) is 4.79 Å². The predicted octanol–water partition coefficient (Wildman–Crippen LogP) is 3.64. The molecule has 1 aromatic carbocycles. The molecule has 0 amide bonds. The summed E-state index contributed by atoms with van der Waals surface area (Å²) in [5.41, 5.74) is -0.391. The highest BCUT2D eigenvalue weighted by molar-refractivity contribution is 6.08. The molecule has 2 aliphatic heterocycles. The summed E-state index contributed by atoms with van der Waals surface area (Å²) in [7, 11) is 0. The second kappa shape index (κ2) is 7.17. The van der Waals surface area contributed by atoms with Crippen molar-refractivity contribution in [1.82, 2.24) is 0 Å². The Labute approximate surface area is 153 Å². The van der Waals surface area contributed by atoms with Crippen LogP contribution < -0.4 is 0 Å². The summed E-state index contributed by atoms with van der Waals surface area (Å²) in [5, 5.41) is 0. The molecule has 0 N–H and O–H groups in total. The number of cyclic esters (lactones) is 1. The van der Waals surface area contributed by atoms with Gasteiger partial charge in [-0.1, -0.05) is 25.1 Å². The number of carbonyl (C=O) groups excluding carboxylic acids is 2. The quantitative estimate of drug-likeness (QED) is 0.747. The molecule has 0 spiro atoms. The number of ether oxygens (including phenoxy) is 2. The standard InChI is InChI=1S/C19H18F3NO4/c1-3-12-15(17(24)26-4-2)14(16-13(23-12)9-27-18(16)25)10-7-5-6-8-11(10)19(20,21)22/h5-8,14-15H,3-4,9H2,1-2H3. The van der Waals surface area contributed by atoms with Crippen LogP contribution in [0.15, 0.2) is 40.5 Å². The van der Waals surface area contributed by atoms with Crippen LogP contribution in [0.5, 0.6) is 0 Å². The lowest BCUT2D eigenvalue weighted by Crippen LogP contribution is -2.37. The number of carbonyl (C=O) groups is 2. The fourth-order valence-electron chi connectivity index (χ4n) is 3.57. The smallest absolute Gasteiger partial charge is 0.416 e. The average Bonchev–Trinajstić information content (AvgIpc) is 3.00. The highest BCUT2D eigenvalue weighted by Gasteiger charge is 2.48. The Bertz CT molecular complexity index is 842. The Morgan fingerprint density at radius 1 is 1.30 bits per heavy atom. The lowest BCUT2D eigenvalue weighted by Gasteiger charge is -2.31. The SMILES string of the molecule is CCOC(=O)C1C(CC)=NC2=C(C(=O)OC2)C1c1ccccc1C(F)(F)F. The number of alkyl halides is 3. The minimum absolute atomic E-state index is 0.00181. The van der Waals surface area contributed by atoms with Crippen LogP contribution in [0.3, 0.4) is 0 Å². The van der Waals surface area contributed by atoms with E-state index in [2.05, 4.69) is 4.99 Å². The molecule has 0 bridgehead atoms. The second-order valence-electron chi connectivity index (χ2n) is 6.19. The van der Waals surface area contributed by atoms with Crippen LogP contribution in [0.2, 0.25) is 0 Å². The van der Waals surface area contributed by atoms with Gasteiger partial charge in [-0.15, -0.1) is 0 Å². The lowest BCUT2D eigenvalue weighted by atomic mass is 9.73. The molecule has 2 unspecified atom stereocenters. The summed E-state index contributed by atoms with van der Waals surface area (Å²) in [6, 6.07) is 4.94. The van der Waals surface area contributed by atoms with Crippen LogP contribution in [0.1, 0.15) is 37.3 Å². The first-order valence-corrected chi connectivity index (χ1v) is 8.59. The number of nitrogens with zero attached hydrogens (tertiary/aromatic N) is 1. The number of esters is 2. The lowest BCUT2D eigenvalue weighted by molar-refractivity contribution is -0.147. The zero-order chi connectivity index (χ0) is 19.8. The van der Waals surface area contributed by atoms with Gasteiger partial charge in [0.15, 0.2) is 0 Å². The number of halogens is 3. The normalized spacial score (nSPS) is 22.3. The summed E-state index contributed by atoms with van der Waals surface area (Å²) >= 11 is 0. The largest absolute Gasteiger partial charge is 0.465 e. The number of hydrogen-bond acceptors (Lipinski definition) is 5. The van der Waals surface area contributed by atoms with E-state index in [9.17, 15) is 22.8 Å². The molecule has 2 heterocycles. The van der Waals surface area contributed by atoms with E-state index in [1.54, 1.807) is 13.8 Å². The van der Waals surface area contributed by atoms with Crippen molar-refractivity contribution in [2.75, 3.05) is 13.2 Å². The van der Waals surface area contributed by atoms with E-state index in [-0.39, 0.29) is 30.0 Å². The topological polar surface area (TPSA) is 65.0 Å². The van der Waals surface area contributed by atoms with Crippen molar-refractivity contribution in [3.05, 3.63) is 46.7 Å². The van der Waals surface area contributed by atoms with Crippen molar-refractivity contribution < 1.29 is 32.2 Å². The zero-order valence-corrected chi connectivity index (χ0v) is 14.8. The summed E-state index contributed by atoms with van der Waals surface area (Å²) < 4.78 is 51.0. The summed E-state index contributed by atoms with van der Waals surface area (Å²) in [6.07, 6.45) is -4.31. The molecule has 27 heavy (non-hydrogen) atoms. The molecular formula is C19H18F3NO4. The van der Waals surface area contributed by atoms with Crippen molar-refractivity contribution >= 4 is 17.7 Å². The molecule has 2 atom stereocenters. The van der Waals surface area contributed by atoms with Crippen LogP contribution in [0, 0.1) is 5.92 Å². The monoisotopic (exact) mass is 381 g/mol. The summed E-state index contributed by atoms with van der Waals surface area (Å²) in [4.78, 5) is 29.3. The number of aliphatic imine (C=N–C) groups is 1. The molecule has 144 valence electrons. The number of benzene rings is 1. The zero-order valence-electron chi connectivity index (χ0n) is 14.8. The van der Waals surface area contributed by atoms with Crippen molar-refractivity contribution in [3.63, 3.8) is 0 Å². The molecule has 0 aromatic heterocycles. The van der Waals surface area contributed by atoms with Crippen LogP contribution in [0.4, 0.5) is 13.2 Å². The highest BCUT2D eigenvalue weighted by Crippen LogP contribution is 2.46. The van der Waals surface area contributed by atoms with Crippen molar-refractivity contribution in [3.8, 4) is 0 Å². The van der Waals surface area contributed by atoms with Crippen molar-refractivity contribution in [2.24, 2.45) is 10.9 Å². The Hall–Kier alpha value is -2.64.